The molecule has 0 aliphatic heterocycles. The maximum Gasteiger partial charge on any atom is 0.631 e. The summed E-state index contributed by atoms with van der Waals surface area (Å²) in [5.41, 5.74) is 1.20. The summed E-state index contributed by atoms with van der Waals surface area (Å²) in [6.45, 7) is 3.78. The van der Waals surface area contributed by atoms with Crippen molar-refractivity contribution in [3.8, 4) is 0 Å². The fourth-order valence-electron chi connectivity index (χ4n) is 0.558. The van der Waals surface area contributed by atoms with Crippen LogP contribution in [-0.2, 0) is 0 Å². The average Bonchev–Trinajstić information content (AvgIpc) is 1.87. The summed E-state index contributed by atoms with van der Waals surface area (Å²) in [4.78, 5) is 0. The Bertz CT molecular complexity index is 170. The van der Waals surface area contributed by atoms with Crippen LogP contribution in [0.25, 0.3) is 0 Å². The standard InChI is InChI=1S/C7H8.BH3O3/c1-7-5-3-2-4-6-7;2-1(3)4/h2-5H,1,6H2;2-4H. The maximum absolute atomic E-state index is 7.17. The molecule has 0 saturated carbocycles. The largest absolute Gasteiger partial charge is 0.631 e. The maximum atomic E-state index is 7.17. The zero-order valence-corrected chi connectivity index (χ0v) is 6.14. The molecule has 11 heavy (non-hydrogen) atoms. The monoisotopic (exact) mass is 154 g/mol. The zero-order chi connectivity index (χ0) is 8.69. The van der Waals surface area contributed by atoms with E-state index in [4.69, 9.17) is 15.1 Å². The predicted molar refractivity (Wildman–Crippen MR) is 44.4 cm³/mol. The van der Waals surface area contributed by atoms with Crippen LogP contribution in [0, 0.1) is 0 Å². The third kappa shape index (κ3) is 9.16. The molecule has 0 bridgehead atoms. The molecule has 0 unspecified atom stereocenters. The molecule has 0 radical (unpaired) electrons. The Kier molecular flexibility index (Phi) is 5.46. The molecule has 0 aromatic rings. The summed E-state index contributed by atoms with van der Waals surface area (Å²) in [7, 11) is -2.17. The summed E-state index contributed by atoms with van der Waals surface area (Å²) in [5.74, 6) is 0. The van der Waals surface area contributed by atoms with Crippen molar-refractivity contribution < 1.29 is 15.1 Å². The van der Waals surface area contributed by atoms with E-state index < -0.39 is 7.32 Å². The SMILES string of the molecule is C=C1C=CC=CC1.OB(O)O. The van der Waals surface area contributed by atoms with E-state index in [0.717, 1.165) is 6.42 Å². The van der Waals surface area contributed by atoms with Crippen molar-refractivity contribution in [3.05, 3.63) is 36.5 Å². The average molecular weight is 154 g/mol. The van der Waals surface area contributed by atoms with E-state index in [0.29, 0.717) is 0 Å². The Hall–Kier alpha value is -0.835. The minimum absolute atomic E-state index is 1.02. The molecule has 0 aromatic heterocycles. The lowest BCUT2D eigenvalue weighted by molar-refractivity contribution is 0.278. The highest BCUT2D eigenvalue weighted by atomic mass is 16.5. The highest BCUT2D eigenvalue weighted by molar-refractivity contribution is 6.30. The molecule has 0 saturated heterocycles. The summed E-state index contributed by atoms with van der Waals surface area (Å²) in [5, 5.41) is 21.5. The van der Waals surface area contributed by atoms with Crippen LogP contribution < -0.4 is 0 Å². The van der Waals surface area contributed by atoms with Gasteiger partial charge in [0.2, 0.25) is 0 Å². The zero-order valence-electron chi connectivity index (χ0n) is 6.14. The molecule has 1 aliphatic rings. The third-order valence-corrected chi connectivity index (χ3v) is 0.959. The van der Waals surface area contributed by atoms with Crippen molar-refractivity contribution in [2.75, 3.05) is 0 Å². The highest BCUT2D eigenvalue weighted by Crippen LogP contribution is 2.05. The Morgan fingerprint density at radius 3 is 2.00 bits per heavy atom. The van der Waals surface area contributed by atoms with Gasteiger partial charge in [0.05, 0.1) is 0 Å². The van der Waals surface area contributed by atoms with Crippen LogP contribution in [0.3, 0.4) is 0 Å². The van der Waals surface area contributed by atoms with Crippen LogP contribution >= 0.6 is 0 Å². The lowest BCUT2D eigenvalue weighted by Gasteiger charge is -1.94. The van der Waals surface area contributed by atoms with Crippen molar-refractivity contribution in [3.63, 3.8) is 0 Å². The Labute approximate surface area is 66.2 Å². The van der Waals surface area contributed by atoms with Gasteiger partial charge in [-0.2, -0.15) is 0 Å². The normalized spacial score (nSPS) is 13.9. The lowest BCUT2D eigenvalue weighted by Crippen LogP contribution is -2.07. The van der Waals surface area contributed by atoms with Gasteiger partial charge in [-0.3, -0.25) is 0 Å². The molecule has 0 fully saturated rings. The summed E-state index contributed by atoms with van der Waals surface area (Å²) in [6.07, 6.45) is 9.19. The van der Waals surface area contributed by atoms with Crippen LogP contribution in [0.15, 0.2) is 36.5 Å². The fraction of sp³-hybridized carbons (Fsp3) is 0.143. The summed E-state index contributed by atoms with van der Waals surface area (Å²) < 4.78 is 0. The number of allylic oxidation sites excluding steroid dienone is 5. The Morgan fingerprint density at radius 2 is 1.82 bits per heavy atom. The second-order valence-corrected chi connectivity index (χ2v) is 2.00. The summed E-state index contributed by atoms with van der Waals surface area (Å²) in [6, 6.07) is 0. The first-order chi connectivity index (χ1) is 5.13. The molecule has 0 amide bonds. The Morgan fingerprint density at radius 1 is 1.27 bits per heavy atom. The van der Waals surface area contributed by atoms with Crippen molar-refractivity contribution in [2.24, 2.45) is 0 Å². The molecule has 0 atom stereocenters. The smallest absolute Gasteiger partial charge is 0.402 e. The van der Waals surface area contributed by atoms with E-state index in [-0.39, 0.29) is 0 Å². The van der Waals surface area contributed by atoms with E-state index >= 15 is 0 Å². The van der Waals surface area contributed by atoms with Gasteiger partial charge in [-0.15, -0.1) is 0 Å². The molecule has 0 spiro atoms. The van der Waals surface area contributed by atoms with E-state index in [1.807, 2.05) is 18.2 Å². The first-order valence-electron chi connectivity index (χ1n) is 3.18. The molecule has 1 aliphatic carbocycles. The van der Waals surface area contributed by atoms with Crippen LogP contribution in [0.5, 0.6) is 0 Å². The topological polar surface area (TPSA) is 60.7 Å². The van der Waals surface area contributed by atoms with Gasteiger partial charge in [-0.05, 0) is 6.42 Å². The summed E-state index contributed by atoms with van der Waals surface area (Å²) >= 11 is 0. The quantitative estimate of drug-likeness (QED) is 0.430. The first kappa shape index (κ1) is 10.2. The third-order valence-electron chi connectivity index (χ3n) is 0.959. The van der Waals surface area contributed by atoms with Crippen LogP contribution in [-0.4, -0.2) is 22.4 Å². The van der Waals surface area contributed by atoms with Crippen LogP contribution in [0.1, 0.15) is 6.42 Å². The lowest BCUT2D eigenvalue weighted by atomic mass is 10.1. The number of rotatable bonds is 0. The second kappa shape index (κ2) is 5.91. The van der Waals surface area contributed by atoms with E-state index in [1.165, 1.54) is 5.57 Å². The molecule has 3 N–H and O–H groups in total. The minimum atomic E-state index is -2.17. The van der Waals surface area contributed by atoms with Gasteiger partial charge in [0.15, 0.2) is 0 Å². The fourth-order valence-corrected chi connectivity index (χ4v) is 0.558. The molecule has 0 aromatic carbocycles. The van der Waals surface area contributed by atoms with Gasteiger partial charge in [0, 0.05) is 0 Å². The van der Waals surface area contributed by atoms with Gasteiger partial charge >= 0.3 is 7.32 Å². The molecule has 60 valence electrons. The van der Waals surface area contributed by atoms with Crippen LogP contribution in [0.2, 0.25) is 0 Å². The molecule has 1 rings (SSSR count). The van der Waals surface area contributed by atoms with Gasteiger partial charge in [0.1, 0.15) is 0 Å². The molecular weight excluding hydrogens is 143 g/mol. The predicted octanol–water partition coefficient (Wildman–Crippen LogP) is 0.00690. The minimum Gasteiger partial charge on any atom is -0.402 e. The van der Waals surface area contributed by atoms with Crippen molar-refractivity contribution >= 4 is 7.32 Å². The first-order valence-corrected chi connectivity index (χ1v) is 3.18. The van der Waals surface area contributed by atoms with Gasteiger partial charge in [-0.1, -0.05) is 36.5 Å². The number of hydrogen-bond acceptors (Lipinski definition) is 3. The van der Waals surface area contributed by atoms with Gasteiger partial charge < -0.3 is 15.1 Å². The Balaban J connectivity index is 0.000000218. The van der Waals surface area contributed by atoms with Gasteiger partial charge in [0.25, 0.3) is 0 Å². The second-order valence-electron chi connectivity index (χ2n) is 2.00. The van der Waals surface area contributed by atoms with E-state index in [1.54, 1.807) is 0 Å². The van der Waals surface area contributed by atoms with Crippen molar-refractivity contribution in [1.29, 1.82) is 0 Å². The van der Waals surface area contributed by atoms with E-state index in [2.05, 4.69) is 12.7 Å². The van der Waals surface area contributed by atoms with Crippen molar-refractivity contribution in [2.45, 2.75) is 6.42 Å². The number of hydrogen-bond donors (Lipinski definition) is 3. The molecule has 4 heteroatoms. The molecule has 0 heterocycles. The van der Waals surface area contributed by atoms with Crippen LogP contribution in [0.4, 0.5) is 0 Å². The van der Waals surface area contributed by atoms with E-state index in [9.17, 15) is 0 Å². The van der Waals surface area contributed by atoms with Gasteiger partial charge in [-0.25, -0.2) is 0 Å². The molecule has 3 nitrogen and oxygen atoms in total. The molecular formula is C7H11BO3. The van der Waals surface area contributed by atoms with Crippen molar-refractivity contribution in [1.82, 2.24) is 0 Å². The highest BCUT2D eigenvalue weighted by Gasteiger charge is 1.92.